The first-order valence-corrected chi connectivity index (χ1v) is 8.98. The van der Waals surface area contributed by atoms with E-state index in [1.54, 1.807) is 30.2 Å². The molecule has 1 saturated heterocycles. The molecule has 0 radical (unpaired) electrons. The Kier molecular flexibility index (Phi) is 6.26. The highest BCUT2D eigenvalue weighted by Gasteiger charge is 2.31. The maximum Gasteiger partial charge on any atom is 0.259 e. The Morgan fingerprint density at radius 1 is 1.18 bits per heavy atom. The predicted octanol–water partition coefficient (Wildman–Crippen LogP) is 2.17. The monoisotopic (exact) mass is 381 g/mol. The molecule has 28 heavy (non-hydrogen) atoms. The Morgan fingerprint density at radius 2 is 1.96 bits per heavy atom. The van der Waals surface area contributed by atoms with Crippen LogP contribution in [0.15, 0.2) is 53.6 Å². The Hall–Kier alpha value is -3.35. The molecule has 2 aromatic rings. The lowest BCUT2D eigenvalue weighted by molar-refractivity contribution is -0.133. The average molecular weight is 381 g/mol. The van der Waals surface area contributed by atoms with Crippen molar-refractivity contribution in [2.24, 2.45) is 5.10 Å². The van der Waals surface area contributed by atoms with Crippen LogP contribution < -0.4 is 14.9 Å². The summed E-state index contributed by atoms with van der Waals surface area (Å²) in [6, 6.07) is 15.2. The van der Waals surface area contributed by atoms with Gasteiger partial charge in [0.1, 0.15) is 6.54 Å². The molecule has 146 valence electrons. The third-order valence-electron chi connectivity index (χ3n) is 4.65. The molecule has 0 bridgehead atoms. The van der Waals surface area contributed by atoms with Gasteiger partial charge in [-0.3, -0.25) is 9.59 Å². The average Bonchev–Trinajstić information content (AvgIpc) is 3.08. The van der Waals surface area contributed by atoms with Gasteiger partial charge >= 0.3 is 0 Å². The molecule has 7 heteroatoms. The van der Waals surface area contributed by atoms with Gasteiger partial charge in [0.15, 0.2) is 11.5 Å². The van der Waals surface area contributed by atoms with Gasteiger partial charge in [0.05, 0.1) is 20.4 Å². The number of likely N-dealkylation sites (tertiary alicyclic amines) is 1. The van der Waals surface area contributed by atoms with E-state index in [1.807, 2.05) is 30.3 Å². The molecule has 0 aliphatic carbocycles. The molecule has 3 rings (SSSR count). The van der Waals surface area contributed by atoms with Crippen molar-refractivity contribution in [1.82, 2.24) is 10.3 Å². The van der Waals surface area contributed by atoms with Crippen molar-refractivity contribution in [1.29, 1.82) is 0 Å². The van der Waals surface area contributed by atoms with Gasteiger partial charge in [-0.1, -0.05) is 36.4 Å². The molecule has 0 aromatic heterocycles. The number of hydrogen-bond donors (Lipinski definition) is 1. The Morgan fingerprint density at radius 3 is 2.68 bits per heavy atom. The van der Waals surface area contributed by atoms with Crippen LogP contribution in [0.4, 0.5) is 0 Å². The summed E-state index contributed by atoms with van der Waals surface area (Å²) in [5.41, 5.74) is 4.25. The van der Waals surface area contributed by atoms with Crippen LogP contribution in [-0.2, 0) is 9.59 Å². The first-order valence-electron chi connectivity index (χ1n) is 8.98. The molecule has 1 atom stereocenters. The number of hydrogen-bond acceptors (Lipinski definition) is 5. The van der Waals surface area contributed by atoms with Gasteiger partial charge in [-0.2, -0.15) is 5.10 Å². The van der Waals surface area contributed by atoms with Crippen molar-refractivity contribution < 1.29 is 19.1 Å². The van der Waals surface area contributed by atoms with E-state index in [0.717, 1.165) is 5.56 Å². The maximum atomic E-state index is 12.2. The predicted molar refractivity (Wildman–Crippen MR) is 106 cm³/mol. The minimum atomic E-state index is -0.347. The SMILES string of the molecule is COc1cccc(/C=N\NC(=O)CN2C[C@H](c3ccccc3)CC2=O)c1OC. The van der Waals surface area contributed by atoms with Crippen molar-refractivity contribution in [3.05, 3.63) is 59.7 Å². The van der Waals surface area contributed by atoms with E-state index in [-0.39, 0.29) is 24.3 Å². The van der Waals surface area contributed by atoms with Crippen molar-refractivity contribution >= 4 is 18.0 Å². The van der Waals surface area contributed by atoms with E-state index < -0.39 is 0 Å². The highest BCUT2D eigenvalue weighted by atomic mass is 16.5. The molecule has 2 aromatic carbocycles. The number of amides is 2. The normalized spacial score (nSPS) is 16.4. The van der Waals surface area contributed by atoms with Crippen molar-refractivity contribution in [2.75, 3.05) is 27.3 Å². The molecule has 1 fully saturated rings. The van der Waals surface area contributed by atoms with Gasteiger partial charge in [0, 0.05) is 24.4 Å². The van der Waals surface area contributed by atoms with Gasteiger partial charge in [0.2, 0.25) is 5.91 Å². The fourth-order valence-corrected chi connectivity index (χ4v) is 3.27. The molecule has 1 aliphatic heterocycles. The second-order valence-corrected chi connectivity index (χ2v) is 6.46. The van der Waals surface area contributed by atoms with Crippen molar-refractivity contribution in [3.8, 4) is 11.5 Å². The maximum absolute atomic E-state index is 12.2. The summed E-state index contributed by atoms with van der Waals surface area (Å²) in [6.45, 7) is 0.512. The van der Waals surface area contributed by atoms with E-state index in [9.17, 15) is 9.59 Å². The van der Waals surface area contributed by atoms with Gasteiger partial charge in [-0.15, -0.1) is 0 Å². The van der Waals surface area contributed by atoms with E-state index in [2.05, 4.69) is 10.5 Å². The van der Waals surface area contributed by atoms with Crippen LogP contribution in [0.2, 0.25) is 0 Å². The van der Waals surface area contributed by atoms with E-state index >= 15 is 0 Å². The van der Waals surface area contributed by atoms with Crippen LogP contribution >= 0.6 is 0 Å². The molecular weight excluding hydrogens is 358 g/mol. The number of carbonyl (C=O) groups is 2. The molecule has 0 saturated carbocycles. The third-order valence-corrected chi connectivity index (χ3v) is 4.65. The number of benzene rings is 2. The fraction of sp³-hybridized carbons (Fsp3) is 0.286. The lowest BCUT2D eigenvalue weighted by Crippen LogP contribution is -2.36. The van der Waals surface area contributed by atoms with Crippen LogP contribution in [-0.4, -0.2) is 50.2 Å². The summed E-state index contributed by atoms with van der Waals surface area (Å²) in [7, 11) is 3.09. The fourth-order valence-electron chi connectivity index (χ4n) is 3.27. The van der Waals surface area contributed by atoms with Gasteiger partial charge in [0.25, 0.3) is 5.91 Å². The van der Waals surface area contributed by atoms with E-state index in [4.69, 9.17) is 9.47 Å². The molecule has 7 nitrogen and oxygen atoms in total. The van der Waals surface area contributed by atoms with Crippen molar-refractivity contribution in [2.45, 2.75) is 12.3 Å². The molecule has 2 amide bonds. The van der Waals surface area contributed by atoms with Gasteiger partial charge in [-0.05, 0) is 17.7 Å². The minimum Gasteiger partial charge on any atom is -0.493 e. The van der Waals surface area contributed by atoms with Crippen molar-refractivity contribution in [3.63, 3.8) is 0 Å². The lowest BCUT2D eigenvalue weighted by atomic mass is 9.99. The second-order valence-electron chi connectivity index (χ2n) is 6.46. The van der Waals surface area contributed by atoms with Crippen LogP contribution in [0.1, 0.15) is 23.5 Å². The quantitative estimate of drug-likeness (QED) is 0.589. The summed E-state index contributed by atoms with van der Waals surface area (Å²) >= 11 is 0. The standard InChI is InChI=1S/C21H23N3O4/c1-27-18-10-6-9-16(21(18)28-2)12-22-23-19(25)14-24-13-17(11-20(24)26)15-7-4-3-5-8-15/h3-10,12,17H,11,13-14H2,1-2H3,(H,23,25)/b22-12-/t17-/m1/s1. The Labute approximate surface area is 163 Å². The number of hydrazone groups is 1. The summed E-state index contributed by atoms with van der Waals surface area (Å²) in [5, 5.41) is 3.97. The molecule has 1 N–H and O–H groups in total. The topological polar surface area (TPSA) is 80.2 Å². The van der Waals surface area contributed by atoms with Crippen LogP contribution in [0.3, 0.4) is 0 Å². The smallest absolute Gasteiger partial charge is 0.259 e. The number of nitrogens with one attached hydrogen (secondary N) is 1. The second kappa shape index (κ2) is 9.03. The number of nitrogens with zero attached hydrogens (tertiary/aromatic N) is 2. The molecule has 1 aliphatic rings. The Balaban J connectivity index is 1.56. The number of ether oxygens (including phenoxy) is 2. The van der Waals surface area contributed by atoms with E-state index in [1.165, 1.54) is 13.3 Å². The highest BCUT2D eigenvalue weighted by molar-refractivity contribution is 5.89. The first-order chi connectivity index (χ1) is 13.6. The molecular formula is C21H23N3O4. The summed E-state index contributed by atoms with van der Waals surface area (Å²) < 4.78 is 10.6. The van der Waals surface area contributed by atoms with Gasteiger partial charge in [-0.25, -0.2) is 5.43 Å². The number of rotatable bonds is 7. The number of para-hydroxylation sites is 1. The zero-order valence-corrected chi connectivity index (χ0v) is 15.9. The zero-order valence-electron chi connectivity index (χ0n) is 15.9. The van der Waals surface area contributed by atoms with E-state index in [0.29, 0.717) is 30.0 Å². The molecule has 0 unspecified atom stereocenters. The number of methoxy groups -OCH3 is 2. The highest BCUT2D eigenvalue weighted by Crippen LogP contribution is 2.29. The van der Waals surface area contributed by atoms with Crippen LogP contribution in [0.5, 0.6) is 11.5 Å². The largest absolute Gasteiger partial charge is 0.493 e. The first kappa shape index (κ1) is 19.4. The van der Waals surface area contributed by atoms with Crippen LogP contribution in [0.25, 0.3) is 0 Å². The summed E-state index contributed by atoms with van der Waals surface area (Å²) in [5.74, 6) is 0.851. The minimum absolute atomic E-state index is 0.0191. The zero-order chi connectivity index (χ0) is 19.9. The molecule has 0 spiro atoms. The lowest BCUT2D eigenvalue weighted by Gasteiger charge is -2.15. The summed E-state index contributed by atoms with van der Waals surface area (Å²) in [6.07, 6.45) is 1.90. The Bertz CT molecular complexity index is 867. The number of carbonyl (C=O) groups excluding carboxylic acids is 2. The molecule has 1 heterocycles. The van der Waals surface area contributed by atoms with Gasteiger partial charge < -0.3 is 14.4 Å². The summed E-state index contributed by atoms with van der Waals surface area (Å²) in [4.78, 5) is 26.0. The van der Waals surface area contributed by atoms with Crippen LogP contribution in [0, 0.1) is 0 Å². The third kappa shape index (κ3) is 4.49.